The molecule has 1 saturated heterocycles. The summed E-state index contributed by atoms with van der Waals surface area (Å²) in [6.45, 7) is 6.75. The van der Waals surface area contributed by atoms with Crippen molar-refractivity contribution >= 4 is 12.0 Å². The SMILES string of the molecule is CC(NC(=O)C(F)(F)F)C1(O)CCN(C(=O)OC(C)(C)C)CC1. The number of likely N-dealkylation sites (tertiary alicyclic amines) is 1. The molecule has 1 aliphatic heterocycles. The van der Waals surface area contributed by atoms with Crippen LogP contribution in [-0.2, 0) is 9.53 Å². The number of aliphatic hydroxyl groups is 1. The molecule has 0 spiro atoms. The molecule has 0 bridgehead atoms. The number of carbonyl (C=O) groups excluding carboxylic acids is 2. The van der Waals surface area contributed by atoms with Gasteiger partial charge in [0.25, 0.3) is 0 Å². The normalized spacial score (nSPS) is 19.9. The number of hydrogen-bond acceptors (Lipinski definition) is 4. The van der Waals surface area contributed by atoms with Gasteiger partial charge in [-0.15, -0.1) is 0 Å². The fourth-order valence-corrected chi connectivity index (χ4v) is 2.25. The van der Waals surface area contributed by atoms with Crippen LogP contribution in [0.4, 0.5) is 18.0 Å². The number of alkyl halides is 3. The molecule has 0 aromatic carbocycles. The molecule has 2 N–H and O–H groups in total. The molecule has 0 aromatic rings. The average Bonchev–Trinajstić information content (AvgIpc) is 2.36. The highest BCUT2D eigenvalue weighted by Crippen LogP contribution is 2.27. The summed E-state index contributed by atoms with van der Waals surface area (Å²) in [4.78, 5) is 24.3. The topological polar surface area (TPSA) is 78.9 Å². The first-order valence-corrected chi connectivity index (χ1v) is 7.32. The van der Waals surface area contributed by atoms with Crippen LogP contribution in [0.2, 0.25) is 0 Å². The lowest BCUT2D eigenvalue weighted by Gasteiger charge is -2.42. The number of halogens is 3. The summed E-state index contributed by atoms with van der Waals surface area (Å²) in [6.07, 6.45) is -5.44. The lowest BCUT2D eigenvalue weighted by Crippen LogP contribution is -2.58. The highest BCUT2D eigenvalue weighted by molar-refractivity contribution is 5.82. The number of rotatable bonds is 2. The van der Waals surface area contributed by atoms with Gasteiger partial charge < -0.3 is 20.1 Å². The Labute approximate surface area is 133 Å². The Kier molecular flexibility index (Phi) is 5.56. The average molecular weight is 340 g/mol. The molecule has 23 heavy (non-hydrogen) atoms. The molecule has 1 rings (SSSR count). The van der Waals surface area contributed by atoms with Crippen molar-refractivity contribution in [1.29, 1.82) is 0 Å². The Hall–Kier alpha value is -1.51. The van der Waals surface area contributed by atoms with E-state index in [-0.39, 0.29) is 25.9 Å². The van der Waals surface area contributed by atoms with E-state index in [2.05, 4.69) is 0 Å². The van der Waals surface area contributed by atoms with Crippen LogP contribution in [-0.4, -0.2) is 58.5 Å². The molecule has 0 radical (unpaired) electrons. The molecule has 9 heteroatoms. The Balaban J connectivity index is 2.59. The molecule has 2 amide bonds. The zero-order valence-corrected chi connectivity index (χ0v) is 13.7. The van der Waals surface area contributed by atoms with Crippen LogP contribution in [0.5, 0.6) is 0 Å². The number of nitrogens with one attached hydrogen (secondary N) is 1. The maximum atomic E-state index is 12.3. The summed E-state index contributed by atoms with van der Waals surface area (Å²) in [7, 11) is 0. The van der Waals surface area contributed by atoms with Gasteiger partial charge in [-0.3, -0.25) is 4.79 Å². The third-order valence-corrected chi connectivity index (χ3v) is 3.69. The van der Waals surface area contributed by atoms with E-state index in [4.69, 9.17) is 4.74 Å². The lowest BCUT2D eigenvalue weighted by molar-refractivity contribution is -0.176. The first-order valence-electron chi connectivity index (χ1n) is 7.32. The second-order valence-corrected chi connectivity index (χ2v) is 6.76. The summed E-state index contributed by atoms with van der Waals surface area (Å²) in [5.74, 6) is -2.09. The molecule has 0 aromatic heterocycles. The van der Waals surface area contributed by atoms with Crippen molar-refractivity contribution in [3.05, 3.63) is 0 Å². The third-order valence-electron chi connectivity index (χ3n) is 3.69. The van der Waals surface area contributed by atoms with Crippen molar-refractivity contribution in [3.63, 3.8) is 0 Å². The van der Waals surface area contributed by atoms with Crippen LogP contribution in [0.1, 0.15) is 40.5 Å². The standard InChI is InChI=1S/C14H23F3N2O4/c1-9(18-10(20)14(15,16)17)13(22)5-7-19(8-6-13)11(21)23-12(2,3)4/h9,22H,5-8H2,1-4H3,(H,18,20). The number of carbonyl (C=O) groups is 2. The fourth-order valence-electron chi connectivity index (χ4n) is 2.25. The minimum atomic E-state index is -5.00. The van der Waals surface area contributed by atoms with Gasteiger partial charge in [0.1, 0.15) is 5.60 Å². The van der Waals surface area contributed by atoms with Gasteiger partial charge in [0.15, 0.2) is 0 Å². The molecule has 1 atom stereocenters. The van der Waals surface area contributed by atoms with Crippen LogP contribution >= 0.6 is 0 Å². The maximum absolute atomic E-state index is 12.3. The molecule has 1 aliphatic rings. The van der Waals surface area contributed by atoms with Crippen LogP contribution < -0.4 is 5.32 Å². The molecule has 1 fully saturated rings. The smallest absolute Gasteiger partial charge is 0.444 e. The molecule has 1 heterocycles. The highest BCUT2D eigenvalue weighted by atomic mass is 19.4. The van der Waals surface area contributed by atoms with Gasteiger partial charge in [-0.2, -0.15) is 13.2 Å². The summed E-state index contributed by atoms with van der Waals surface area (Å²) >= 11 is 0. The van der Waals surface area contributed by atoms with Crippen molar-refractivity contribution < 1.29 is 32.6 Å². The minimum absolute atomic E-state index is 0.0472. The maximum Gasteiger partial charge on any atom is 0.471 e. The predicted molar refractivity (Wildman–Crippen MR) is 75.7 cm³/mol. The summed E-state index contributed by atoms with van der Waals surface area (Å²) in [5.41, 5.74) is -2.15. The zero-order valence-electron chi connectivity index (χ0n) is 13.7. The van der Waals surface area contributed by atoms with Gasteiger partial charge in [-0.05, 0) is 40.5 Å². The van der Waals surface area contributed by atoms with Crippen molar-refractivity contribution in [2.45, 2.75) is 64.0 Å². The molecule has 6 nitrogen and oxygen atoms in total. The van der Waals surface area contributed by atoms with Gasteiger partial charge >= 0.3 is 18.2 Å². The van der Waals surface area contributed by atoms with E-state index in [1.807, 2.05) is 0 Å². The summed E-state index contributed by atoms with van der Waals surface area (Å²) in [5, 5.41) is 12.2. The van der Waals surface area contributed by atoms with Gasteiger partial charge in [-0.1, -0.05) is 0 Å². The quantitative estimate of drug-likeness (QED) is 0.804. The Morgan fingerprint density at radius 2 is 1.70 bits per heavy atom. The lowest BCUT2D eigenvalue weighted by atomic mass is 9.85. The van der Waals surface area contributed by atoms with Crippen LogP contribution in [0.3, 0.4) is 0 Å². The van der Waals surface area contributed by atoms with Gasteiger partial charge in [0.05, 0.1) is 11.6 Å². The van der Waals surface area contributed by atoms with E-state index < -0.39 is 35.4 Å². The van der Waals surface area contributed by atoms with E-state index >= 15 is 0 Å². The van der Waals surface area contributed by atoms with E-state index in [9.17, 15) is 27.9 Å². The molecular weight excluding hydrogens is 317 g/mol. The first-order chi connectivity index (χ1) is 10.2. The number of piperidine rings is 1. The van der Waals surface area contributed by atoms with Crippen LogP contribution in [0, 0.1) is 0 Å². The van der Waals surface area contributed by atoms with Crippen molar-refractivity contribution in [3.8, 4) is 0 Å². The number of amides is 2. The molecule has 1 unspecified atom stereocenters. The van der Waals surface area contributed by atoms with Crippen LogP contribution in [0.25, 0.3) is 0 Å². The third kappa shape index (κ3) is 5.56. The summed E-state index contributed by atoms with van der Waals surface area (Å²) in [6, 6.07) is -1.09. The Bertz CT molecular complexity index is 452. The van der Waals surface area contributed by atoms with Crippen LogP contribution in [0.15, 0.2) is 0 Å². The van der Waals surface area contributed by atoms with Crippen molar-refractivity contribution in [1.82, 2.24) is 10.2 Å². The second kappa shape index (κ2) is 6.54. The van der Waals surface area contributed by atoms with E-state index in [0.29, 0.717) is 0 Å². The molecule has 0 aliphatic carbocycles. The first kappa shape index (κ1) is 19.5. The zero-order chi connectivity index (χ0) is 18.1. The molecular formula is C14H23F3N2O4. The Morgan fingerprint density at radius 3 is 2.09 bits per heavy atom. The van der Waals surface area contributed by atoms with Crippen molar-refractivity contribution in [2.24, 2.45) is 0 Å². The van der Waals surface area contributed by atoms with E-state index in [1.54, 1.807) is 26.1 Å². The monoisotopic (exact) mass is 340 g/mol. The Morgan fingerprint density at radius 1 is 1.22 bits per heavy atom. The summed E-state index contributed by atoms with van der Waals surface area (Å²) < 4.78 is 42.0. The highest BCUT2D eigenvalue weighted by Gasteiger charge is 2.45. The molecule has 134 valence electrons. The molecule has 0 saturated carbocycles. The number of ether oxygens (including phenoxy) is 1. The van der Waals surface area contributed by atoms with Gasteiger partial charge in [0, 0.05) is 13.1 Å². The van der Waals surface area contributed by atoms with Gasteiger partial charge in [0.2, 0.25) is 0 Å². The number of hydrogen-bond donors (Lipinski definition) is 2. The largest absolute Gasteiger partial charge is 0.471 e. The second-order valence-electron chi connectivity index (χ2n) is 6.76. The minimum Gasteiger partial charge on any atom is -0.444 e. The fraction of sp³-hybridized carbons (Fsp3) is 0.857. The van der Waals surface area contributed by atoms with Gasteiger partial charge in [-0.25, -0.2) is 4.79 Å². The van der Waals surface area contributed by atoms with Crippen molar-refractivity contribution in [2.75, 3.05) is 13.1 Å². The number of nitrogens with zero attached hydrogens (tertiary/aromatic N) is 1. The predicted octanol–water partition coefficient (Wildman–Crippen LogP) is 1.82. The van der Waals surface area contributed by atoms with E-state index in [0.717, 1.165) is 0 Å². The van der Waals surface area contributed by atoms with E-state index in [1.165, 1.54) is 11.8 Å².